The standard InChI is InChI=1S/C43H53N5O8S/c1-42(2,3)45-38(49)21-28-15-9-6-5-7-12-16-29-25-43(29,41(52)47-57(53,54)32-18-19-32)46-39(50)36-23-31(26-48(36)40(28)51)56-37-24-34(27-13-10-8-11-14-27)44-35-22-30(55-4)17-20-33(35)37/h8,10-14,16-17,20,22,24,28-29,31-32,36H,5-7,9,15,18-19,21,23,25-26H2,1-4H3,(H,45,49)(H,46,50)(H,47,52)/b16-12-/t28-,29-,31-,36+,43-/m1/s1. The number of allylic oxidation sites excluding steroid dienone is 1. The third kappa shape index (κ3) is 9.27. The van der Waals surface area contributed by atoms with E-state index in [4.69, 9.17) is 14.5 Å². The molecule has 3 fully saturated rings. The lowest BCUT2D eigenvalue weighted by molar-refractivity contribution is -0.144. The van der Waals surface area contributed by atoms with E-state index < -0.39 is 62.1 Å². The summed E-state index contributed by atoms with van der Waals surface area (Å²) in [6.45, 7) is 5.70. The number of carbonyl (C=O) groups excluding carboxylic acids is 4. The van der Waals surface area contributed by atoms with E-state index in [-0.39, 0.29) is 37.6 Å². The van der Waals surface area contributed by atoms with E-state index in [1.54, 1.807) is 7.11 Å². The van der Waals surface area contributed by atoms with Gasteiger partial charge in [-0.05, 0) is 71.4 Å². The fourth-order valence-electron chi connectivity index (χ4n) is 8.01. The lowest BCUT2D eigenvalue weighted by Gasteiger charge is -2.30. The summed E-state index contributed by atoms with van der Waals surface area (Å²) in [5.41, 5.74) is 0.191. The predicted molar refractivity (Wildman–Crippen MR) is 216 cm³/mol. The van der Waals surface area contributed by atoms with Gasteiger partial charge in [-0.15, -0.1) is 0 Å². The molecule has 4 amide bonds. The number of benzene rings is 2. The maximum absolute atomic E-state index is 14.7. The van der Waals surface area contributed by atoms with Crippen LogP contribution in [0.2, 0.25) is 0 Å². The summed E-state index contributed by atoms with van der Waals surface area (Å²) in [6.07, 6.45) is 8.00. The third-order valence-corrected chi connectivity index (χ3v) is 13.1. The van der Waals surface area contributed by atoms with Crippen LogP contribution in [0.15, 0.2) is 66.7 Å². The molecule has 3 aromatic rings. The number of hydrogen-bond acceptors (Lipinski definition) is 9. The molecular formula is C43H53N5O8S. The first-order chi connectivity index (χ1) is 27.2. The molecule has 2 aliphatic heterocycles. The number of carbonyl (C=O) groups is 4. The van der Waals surface area contributed by atoms with Gasteiger partial charge < -0.3 is 25.0 Å². The van der Waals surface area contributed by atoms with Crippen LogP contribution in [0.1, 0.15) is 85.0 Å². The molecule has 57 heavy (non-hydrogen) atoms. The highest BCUT2D eigenvalue weighted by Crippen LogP contribution is 2.46. The number of nitrogens with one attached hydrogen (secondary N) is 3. The highest BCUT2D eigenvalue weighted by Gasteiger charge is 2.62. The van der Waals surface area contributed by atoms with Gasteiger partial charge in [0.25, 0.3) is 5.91 Å². The Labute approximate surface area is 334 Å². The van der Waals surface area contributed by atoms with Crippen LogP contribution >= 0.6 is 0 Å². The molecule has 13 nitrogen and oxygen atoms in total. The highest BCUT2D eigenvalue weighted by molar-refractivity contribution is 7.91. The maximum Gasteiger partial charge on any atom is 0.259 e. The maximum atomic E-state index is 14.7. The Balaban J connectivity index is 1.23. The highest BCUT2D eigenvalue weighted by atomic mass is 32.2. The van der Waals surface area contributed by atoms with Gasteiger partial charge in [0.1, 0.15) is 29.2 Å². The van der Waals surface area contributed by atoms with Crippen LogP contribution in [0.4, 0.5) is 0 Å². The zero-order chi connectivity index (χ0) is 40.5. The van der Waals surface area contributed by atoms with Crippen LogP contribution in [-0.4, -0.2) is 84.1 Å². The molecule has 0 bridgehead atoms. The largest absolute Gasteiger partial charge is 0.497 e. The number of aromatic nitrogens is 1. The van der Waals surface area contributed by atoms with Gasteiger partial charge in [-0.25, -0.2) is 13.4 Å². The van der Waals surface area contributed by atoms with Gasteiger partial charge in [0, 0.05) is 53.3 Å². The molecule has 2 aliphatic carbocycles. The second-order valence-corrected chi connectivity index (χ2v) is 18.9. The number of amides is 4. The number of fused-ring (bicyclic) bond motifs is 3. The topological polar surface area (TPSA) is 173 Å². The average Bonchev–Trinajstić information content (AvgIpc) is 4.09. The normalized spacial score (nSPS) is 26.2. The number of ether oxygens (including phenoxy) is 2. The first kappa shape index (κ1) is 40.2. The van der Waals surface area contributed by atoms with Gasteiger partial charge in [-0.1, -0.05) is 55.3 Å². The quantitative estimate of drug-likeness (QED) is 0.247. The summed E-state index contributed by atoms with van der Waals surface area (Å²) in [7, 11) is -2.30. The van der Waals surface area contributed by atoms with Gasteiger partial charge in [-0.3, -0.25) is 23.9 Å². The number of hydrogen-bond donors (Lipinski definition) is 3. The second-order valence-electron chi connectivity index (χ2n) is 16.9. The number of pyridine rings is 1. The van der Waals surface area contributed by atoms with Gasteiger partial charge in [-0.2, -0.15) is 0 Å². The van der Waals surface area contributed by atoms with Crippen molar-refractivity contribution in [1.29, 1.82) is 0 Å². The molecule has 2 saturated carbocycles. The molecule has 3 heterocycles. The van der Waals surface area contributed by atoms with Crippen molar-refractivity contribution in [3.8, 4) is 22.8 Å². The van der Waals surface area contributed by atoms with Crippen LogP contribution in [0.5, 0.6) is 11.5 Å². The van der Waals surface area contributed by atoms with Crippen molar-refractivity contribution in [2.75, 3.05) is 13.7 Å². The van der Waals surface area contributed by atoms with E-state index in [9.17, 15) is 27.6 Å². The van der Waals surface area contributed by atoms with Crippen LogP contribution in [-0.2, 0) is 29.2 Å². The third-order valence-electron chi connectivity index (χ3n) is 11.2. The minimum absolute atomic E-state index is 0.0446. The summed E-state index contributed by atoms with van der Waals surface area (Å²) in [6, 6.07) is 16.0. The summed E-state index contributed by atoms with van der Waals surface area (Å²) >= 11 is 0. The van der Waals surface area contributed by atoms with Crippen molar-refractivity contribution in [1.82, 2.24) is 25.2 Å². The predicted octanol–water partition coefficient (Wildman–Crippen LogP) is 5.18. The number of sulfonamides is 1. The molecule has 1 saturated heterocycles. The summed E-state index contributed by atoms with van der Waals surface area (Å²) in [5.74, 6) is -1.92. The second kappa shape index (κ2) is 16.1. The van der Waals surface area contributed by atoms with E-state index in [1.165, 1.54) is 4.90 Å². The van der Waals surface area contributed by atoms with Crippen molar-refractivity contribution in [3.05, 3.63) is 66.7 Å². The summed E-state index contributed by atoms with van der Waals surface area (Å²) < 4.78 is 40.3. The lowest BCUT2D eigenvalue weighted by Crippen LogP contribution is -2.57. The van der Waals surface area contributed by atoms with E-state index in [0.29, 0.717) is 53.8 Å². The average molecular weight is 800 g/mol. The fraction of sp³-hybridized carbons (Fsp3) is 0.512. The Bertz CT molecular complexity index is 2170. The van der Waals surface area contributed by atoms with Crippen molar-refractivity contribution in [2.45, 2.75) is 113 Å². The van der Waals surface area contributed by atoms with E-state index >= 15 is 0 Å². The van der Waals surface area contributed by atoms with Crippen molar-refractivity contribution in [3.63, 3.8) is 0 Å². The molecule has 5 atom stereocenters. The van der Waals surface area contributed by atoms with Crippen molar-refractivity contribution in [2.24, 2.45) is 11.8 Å². The number of nitrogens with zero attached hydrogens (tertiary/aromatic N) is 2. The van der Waals surface area contributed by atoms with Gasteiger partial charge >= 0.3 is 0 Å². The van der Waals surface area contributed by atoms with E-state index in [1.807, 2.05) is 87.5 Å². The molecule has 304 valence electrons. The number of rotatable bonds is 9. The van der Waals surface area contributed by atoms with Crippen molar-refractivity contribution >= 4 is 44.6 Å². The monoisotopic (exact) mass is 799 g/mol. The van der Waals surface area contributed by atoms with Crippen LogP contribution in [0.3, 0.4) is 0 Å². The Morgan fingerprint density at radius 3 is 2.51 bits per heavy atom. The van der Waals surface area contributed by atoms with E-state index in [0.717, 1.165) is 24.8 Å². The van der Waals surface area contributed by atoms with Gasteiger partial charge in [0.2, 0.25) is 27.7 Å². The Morgan fingerprint density at radius 2 is 1.79 bits per heavy atom. The molecule has 7 rings (SSSR count). The van der Waals surface area contributed by atoms with Crippen LogP contribution < -0.4 is 24.8 Å². The van der Waals surface area contributed by atoms with Gasteiger partial charge in [0.05, 0.1) is 30.1 Å². The molecule has 0 spiro atoms. The minimum Gasteiger partial charge on any atom is -0.497 e. The summed E-state index contributed by atoms with van der Waals surface area (Å²) in [4.78, 5) is 62.8. The fourth-order valence-corrected chi connectivity index (χ4v) is 9.37. The Kier molecular flexibility index (Phi) is 11.4. The van der Waals surface area contributed by atoms with E-state index in [2.05, 4.69) is 15.4 Å². The molecule has 2 aromatic carbocycles. The molecule has 14 heteroatoms. The first-order valence-electron chi connectivity index (χ1n) is 20.0. The first-order valence-corrected chi connectivity index (χ1v) is 21.6. The minimum atomic E-state index is -3.89. The molecule has 4 aliphatic rings. The number of methoxy groups -OCH3 is 1. The molecule has 3 N–H and O–H groups in total. The zero-order valence-corrected chi connectivity index (χ0v) is 33.9. The zero-order valence-electron chi connectivity index (χ0n) is 33.1. The van der Waals surface area contributed by atoms with Gasteiger partial charge in [0.15, 0.2) is 0 Å². The SMILES string of the molecule is COc1ccc2c(O[C@@H]3C[C@H]4C(=O)N[C@]5(C(=O)NS(=O)(=O)C6CC6)C[C@H]5/C=C\CCCCC[C@H](CC(=O)NC(C)(C)C)C(=O)N4C3)cc(-c3ccccc3)nc2c1. The Morgan fingerprint density at radius 1 is 1.02 bits per heavy atom. The van der Waals surface area contributed by atoms with Crippen LogP contribution in [0.25, 0.3) is 22.2 Å². The van der Waals surface area contributed by atoms with Crippen LogP contribution in [0, 0.1) is 11.8 Å². The Hall–Kier alpha value is -4.98. The smallest absolute Gasteiger partial charge is 0.259 e. The summed E-state index contributed by atoms with van der Waals surface area (Å²) in [5, 5.41) is 6.01. The molecular weight excluding hydrogens is 747 g/mol. The molecule has 0 unspecified atom stereocenters. The molecule has 1 aromatic heterocycles. The molecule has 0 radical (unpaired) electrons. The lowest BCUT2D eigenvalue weighted by atomic mass is 9.94. The van der Waals surface area contributed by atoms with Crippen molar-refractivity contribution < 1.29 is 37.1 Å².